The van der Waals surface area contributed by atoms with Crippen LogP contribution in [0.3, 0.4) is 0 Å². The Morgan fingerprint density at radius 1 is 1.38 bits per heavy atom. The summed E-state index contributed by atoms with van der Waals surface area (Å²) in [5.41, 5.74) is 7.05. The van der Waals surface area contributed by atoms with Crippen molar-refractivity contribution in [3.63, 3.8) is 0 Å². The summed E-state index contributed by atoms with van der Waals surface area (Å²) in [7, 11) is -1.49. The zero-order valence-corrected chi connectivity index (χ0v) is 10.4. The molecule has 0 bridgehead atoms. The molecule has 0 saturated heterocycles. The molecule has 0 spiro atoms. The Labute approximate surface area is 97.4 Å². The summed E-state index contributed by atoms with van der Waals surface area (Å²) in [4.78, 5) is -0.713. The molecule has 2 atom stereocenters. The predicted molar refractivity (Wildman–Crippen MR) is 66.8 cm³/mol. The number of hydrogen-bond acceptors (Lipinski definition) is 3. The van der Waals surface area contributed by atoms with Crippen molar-refractivity contribution in [1.29, 1.82) is 0 Å². The van der Waals surface area contributed by atoms with E-state index in [1.165, 1.54) is 0 Å². The number of nitrogens with two attached hydrogens (primary N) is 1. The van der Waals surface area contributed by atoms with Gasteiger partial charge in [-0.2, -0.15) is 0 Å². The molecule has 3 nitrogen and oxygen atoms in total. The minimum atomic E-state index is -3.39. The summed E-state index contributed by atoms with van der Waals surface area (Å²) in [5, 5.41) is 0. The molecule has 2 N–H and O–H groups in total. The van der Waals surface area contributed by atoms with Gasteiger partial charge < -0.3 is 5.73 Å². The molecule has 0 aromatic heterocycles. The Kier molecular flexibility index (Phi) is 2.63. The molecule has 0 aliphatic heterocycles. The van der Waals surface area contributed by atoms with Gasteiger partial charge in [0, 0.05) is 0 Å². The lowest BCUT2D eigenvalue weighted by atomic mass is 9.66. The summed E-state index contributed by atoms with van der Waals surface area (Å²) in [6.45, 7) is 1.93. The molecule has 86 valence electrons. The van der Waals surface area contributed by atoms with E-state index >= 15 is 0 Å². The summed E-state index contributed by atoms with van der Waals surface area (Å²) in [5.74, 6) is 0.0406. The molecule has 16 heavy (non-hydrogen) atoms. The molecule has 0 radical (unpaired) electrons. The Morgan fingerprint density at radius 2 is 1.94 bits per heavy atom. The van der Waals surface area contributed by atoms with Crippen molar-refractivity contribution in [3.8, 4) is 0 Å². The molecule has 1 aliphatic rings. The zero-order valence-electron chi connectivity index (χ0n) is 9.60. The van der Waals surface area contributed by atoms with Gasteiger partial charge in [0.05, 0.1) is 4.90 Å². The van der Waals surface area contributed by atoms with Crippen LogP contribution < -0.4 is 5.73 Å². The van der Waals surface area contributed by atoms with Gasteiger partial charge in [-0.05, 0) is 31.3 Å². The maximum absolute atomic E-state index is 12.3. The van der Waals surface area contributed by atoms with Crippen LogP contribution in [0.15, 0.2) is 29.2 Å². The Hall–Kier alpha value is -0.805. The van der Waals surface area contributed by atoms with E-state index in [1.807, 2.05) is 14.8 Å². The van der Waals surface area contributed by atoms with Crippen LogP contribution in [-0.2, 0) is 9.84 Å². The van der Waals surface area contributed by atoms with Crippen molar-refractivity contribution < 1.29 is 8.42 Å². The predicted octanol–water partition coefficient (Wildman–Crippen LogP) is 0.639. The highest BCUT2D eigenvalue weighted by Crippen LogP contribution is 2.45. The van der Waals surface area contributed by atoms with E-state index < -0.39 is 14.7 Å². The third kappa shape index (κ3) is 1.50. The van der Waals surface area contributed by atoms with E-state index in [2.05, 4.69) is 0 Å². The van der Waals surface area contributed by atoms with Crippen molar-refractivity contribution in [2.24, 2.45) is 5.73 Å². The molecule has 2 rings (SSSR count). The first-order valence-corrected chi connectivity index (χ1v) is 6.96. The highest BCUT2D eigenvalue weighted by atomic mass is 32.2. The summed E-state index contributed by atoms with van der Waals surface area (Å²) in [6, 6.07) is 6.90. The molecule has 1 aliphatic carbocycles. The number of hydrogen-bond donors (Lipinski definition) is 1. The third-order valence-electron chi connectivity index (χ3n) is 3.63. The fourth-order valence-corrected chi connectivity index (χ4v) is 4.02. The van der Waals surface area contributed by atoms with Gasteiger partial charge in [-0.15, -0.1) is 0 Å². The van der Waals surface area contributed by atoms with Crippen molar-refractivity contribution >= 4 is 17.7 Å². The van der Waals surface area contributed by atoms with E-state index in [4.69, 9.17) is 5.73 Å². The fourth-order valence-electron chi connectivity index (χ4n) is 2.05. The average Bonchev–Trinajstić information content (AvgIpc) is 2.26. The van der Waals surface area contributed by atoms with Gasteiger partial charge in [-0.1, -0.05) is 24.1 Å². The van der Waals surface area contributed by atoms with E-state index in [0.29, 0.717) is 11.3 Å². The van der Waals surface area contributed by atoms with Crippen molar-refractivity contribution in [1.82, 2.24) is 0 Å². The molecule has 2 unspecified atom stereocenters. The molecule has 1 saturated carbocycles. The van der Waals surface area contributed by atoms with Crippen LogP contribution in [-0.4, -0.2) is 21.1 Å². The lowest BCUT2D eigenvalue weighted by Crippen LogP contribution is -2.57. The first-order valence-electron chi connectivity index (χ1n) is 5.48. The highest BCUT2D eigenvalue weighted by molar-refractivity contribution is 7.93. The number of benzene rings is 1. The Morgan fingerprint density at radius 3 is 2.31 bits per heavy atom. The third-order valence-corrected chi connectivity index (χ3v) is 6.13. The van der Waals surface area contributed by atoms with Crippen molar-refractivity contribution in [3.05, 3.63) is 29.8 Å². The lowest BCUT2D eigenvalue weighted by Gasteiger charge is -2.44. The second-order valence-electron chi connectivity index (χ2n) is 4.71. The van der Waals surface area contributed by atoms with E-state index in [-0.39, 0.29) is 5.82 Å². The van der Waals surface area contributed by atoms with Crippen molar-refractivity contribution in [2.45, 2.75) is 35.3 Å². The van der Waals surface area contributed by atoms with Crippen LogP contribution in [0, 0.1) is 6.92 Å². The maximum Gasteiger partial charge on any atom is 0.196 e. The molecule has 0 heterocycles. The monoisotopic (exact) mass is 237 g/mol. The quantitative estimate of drug-likeness (QED) is 0.768. The van der Waals surface area contributed by atoms with E-state index in [1.54, 1.807) is 24.3 Å². The topological polar surface area (TPSA) is 60.2 Å². The van der Waals surface area contributed by atoms with Gasteiger partial charge in [-0.3, -0.25) is 0 Å². The number of rotatable bonds is 2. The number of aryl methyl sites for hydroxylation is 1. The minimum absolute atomic E-state index is 0.0406. The average molecular weight is 237 g/mol. The van der Waals surface area contributed by atoms with Gasteiger partial charge in [0.2, 0.25) is 0 Å². The molecule has 1 fully saturated rings. The van der Waals surface area contributed by atoms with Gasteiger partial charge in [0.25, 0.3) is 0 Å². The van der Waals surface area contributed by atoms with Crippen LogP contribution in [0.2, 0.25) is 5.82 Å². The lowest BCUT2D eigenvalue weighted by molar-refractivity contribution is 0.347. The smallest absolute Gasteiger partial charge is 0.196 e. The van der Waals surface area contributed by atoms with Crippen LogP contribution in [0.5, 0.6) is 0 Å². The van der Waals surface area contributed by atoms with Gasteiger partial charge in [-0.25, -0.2) is 8.42 Å². The van der Waals surface area contributed by atoms with E-state index in [9.17, 15) is 8.42 Å². The molecule has 1 aromatic rings. The largest absolute Gasteiger partial charge is 0.313 e. The van der Waals surface area contributed by atoms with Gasteiger partial charge in [0.1, 0.15) is 12.7 Å². The standard InChI is InChI=1S/C11H16BNO2S/c1-8-2-4-9(5-3-8)16(14,15)11(13)7-6-10(11)12/h2-5,10H,6-7,12-13H2,1H3. The van der Waals surface area contributed by atoms with Crippen molar-refractivity contribution in [2.75, 3.05) is 0 Å². The summed E-state index contributed by atoms with van der Waals surface area (Å²) in [6.07, 6.45) is 1.45. The highest BCUT2D eigenvalue weighted by Gasteiger charge is 2.51. The van der Waals surface area contributed by atoms with Crippen LogP contribution in [0.25, 0.3) is 0 Å². The Balaban J connectivity index is 2.43. The first kappa shape index (κ1) is 11.7. The first-order chi connectivity index (χ1) is 7.38. The molecule has 5 heteroatoms. The molecular weight excluding hydrogens is 221 g/mol. The normalized spacial score (nSPS) is 29.8. The van der Waals surface area contributed by atoms with Gasteiger partial charge in [0.15, 0.2) is 9.84 Å². The minimum Gasteiger partial charge on any atom is -0.313 e. The summed E-state index contributed by atoms with van der Waals surface area (Å²) < 4.78 is 24.7. The van der Waals surface area contributed by atoms with E-state index in [0.717, 1.165) is 12.0 Å². The van der Waals surface area contributed by atoms with Crippen LogP contribution >= 0.6 is 0 Å². The second kappa shape index (κ2) is 3.60. The maximum atomic E-state index is 12.3. The fraction of sp³-hybridized carbons (Fsp3) is 0.455. The Bertz CT molecular complexity index is 497. The van der Waals surface area contributed by atoms with Crippen LogP contribution in [0.4, 0.5) is 0 Å². The zero-order chi connectivity index (χ0) is 12.0. The van der Waals surface area contributed by atoms with Gasteiger partial charge >= 0.3 is 0 Å². The molecule has 1 aromatic carbocycles. The molecular formula is C11H16BNO2S. The van der Waals surface area contributed by atoms with Crippen LogP contribution in [0.1, 0.15) is 18.4 Å². The molecule has 0 amide bonds. The summed E-state index contributed by atoms with van der Waals surface area (Å²) >= 11 is 0. The SMILES string of the molecule is BC1CCC1(N)S(=O)(=O)c1ccc(C)cc1. The number of sulfone groups is 1. The second-order valence-corrected chi connectivity index (χ2v) is 6.95.